The molecule has 0 amide bonds. The number of aromatic nitrogens is 5. The molecule has 30 heavy (non-hydrogen) atoms. The molecule has 0 saturated carbocycles. The first-order valence-corrected chi connectivity index (χ1v) is 11.3. The molecule has 0 spiro atoms. The zero-order chi connectivity index (χ0) is 20.7. The average molecular weight is 422 g/mol. The number of H-pyrrole nitrogens is 1. The Bertz CT molecular complexity index is 1170. The van der Waals surface area contributed by atoms with Crippen LogP contribution in [0.1, 0.15) is 39.3 Å². The Morgan fingerprint density at radius 1 is 1.20 bits per heavy atom. The van der Waals surface area contributed by atoms with Crippen LogP contribution in [0.2, 0.25) is 0 Å². The van der Waals surface area contributed by atoms with Crippen molar-refractivity contribution in [2.75, 3.05) is 18.4 Å². The maximum atomic E-state index is 4.72. The molecule has 0 radical (unpaired) electrons. The third kappa shape index (κ3) is 3.77. The smallest absolute Gasteiger partial charge is 0.178 e. The summed E-state index contributed by atoms with van der Waals surface area (Å²) in [7, 11) is 0. The van der Waals surface area contributed by atoms with Crippen LogP contribution in [0.4, 0.5) is 11.5 Å². The normalized spacial score (nSPS) is 16.5. The molecule has 7 nitrogen and oxygen atoms in total. The maximum Gasteiger partial charge on any atom is 0.178 e. The molecule has 0 aromatic carbocycles. The number of nitrogens with zero attached hydrogens (tertiary/aromatic N) is 5. The largest absolute Gasteiger partial charge is 0.336 e. The van der Waals surface area contributed by atoms with E-state index in [0.29, 0.717) is 11.2 Å². The van der Waals surface area contributed by atoms with Gasteiger partial charge >= 0.3 is 0 Å². The number of nitrogens with one attached hydrogen (secondary N) is 2. The van der Waals surface area contributed by atoms with Crippen LogP contribution in [0, 0.1) is 11.3 Å². The Hall–Kier alpha value is -2.58. The van der Waals surface area contributed by atoms with Crippen LogP contribution in [0.5, 0.6) is 0 Å². The van der Waals surface area contributed by atoms with Crippen molar-refractivity contribution in [2.24, 2.45) is 11.3 Å². The van der Waals surface area contributed by atoms with Crippen LogP contribution in [0.3, 0.4) is 0 Å². The highest BCUT2D eigenvalue weighted by Gasteiger charge is 2.29. The van der Waals surface area contributed by atoms with Crippen LogP contribution in [0.15, 0.2) is 30.6 Å². The highest BCUT2D eigenvalue weighted by molar-refractivity contribution is 7.13. The van der Waals surface area contributed by atoms with Crippen molar-refractivity contribution < 1.29 is 0 Å². The molecule has 1 aliphatic heterocycles. The molecule has 0 atom stereocenters. The van der Waals surface area contributed by atoms with Gasteiger partial charge in [0.2, 0.25) is 0 Å². The molecule has 8 heteroatoms. The predicted molar refractivity (Wildman–Crippen MR) is 122 cm³/mol. The standard InChI is InChI=1S/C22H27N7S/c1-22(2,3)14-6-9-29(10-7-14)13-17-19-18(30-28-17)11-15(12-24-19)25-21-20-16(26-27-21)5-4-8-23-20/h4-5,8,11-12,14H,6-7,9-10,13H2,1-3H3,(H2,25,26,27). The first-order valence-electron chi connectivity index (χ1n) is 10.5. The molecule has 156 valence electrons. The predicted octanol–water partition coefficient (Wildman–Crippen LogP) is 4.96. The summed E-state index contributed by atoms with van der Waals surface area (Å²) in [5.74, 6) is 1.51. The van der Waals surface area contributed by atoms with Crippen molar-refractivity contribution in [3.05, 3.63) is 36.3 Å². The number of fused-ring (bicyclic) bond motifs is 2. The molecule has 1 fully saturated rings. The maximum absolute atomic E-state index is 4.72. The first-order chi connectivity index (χ1) is 14.5. The molecule has 1 saturated heterocycles. The zero-order valence-electron chi connectivity index (χ0n) is 17.6. The van der Waals surface area contributed by atoms with E-state index in [0.717, 1.165) is 58.2 Å². The second-order valence-electron chi connectivity index (χ2n) is 9.21. The number of rotatable bonds is 4. The zero-order valence-corrected chi connectivity index (χ0v) is 18.5. The van der Waals surface area contributed by atoms with E-state index in [2.05, 4.69) is 52.2 Å². The van der Waals surface area contributed by atoms with Gasteiger partial charge in [0.05, 0.1) is 27.8 Å². The average Bonchev–Trinajstić information content (AvgIpc) is 3.32. The quantitative estimate of drug-likeness (QED) is 0.484. The summed E-state index contributed by atoms with van der Waals surface area (Å²) in [5.41, 5.74) is 5.11. The summed E-state index contributed by atoms with van der Waals surface area (Å²) < 4.78 is 5.81. The molecule has 4 aromatic rings. The number of hydrogen-bond donors (Lipinski definition) is 2. The SMILES string of the molecule is CC(C)(C)C1CCN(Cc2nsc3cc(Nc4n[nH]c5cccnc45)cnc23)CC1. The summed E-state index contributed by atoms with van der Waals surface area (Å²) in [6.07, 6.45) is 6.15. The van der Waals surface area contributed by atoms with Gasteiger partial charge in [0.25, 0.3) is 0 Å². The van der Waals surface area contributed by atoms with Gasteiger partial charge in [-0.25, -0.2) is 0 Å². The Balaban J connectivity index is 1.30. The second-order valence-corrected chi connectivity index (χ2v) is 10.0. The van der Waals surface area contributed by atoms with E-state index in [1.807, 2.05) is 18.3 Å². The van der Waals surface area contributed by atoms with Crippen molar-refractivity contribution >= 4 is 44.3 Å². The molecule has 0 aliphatic carbocycles. The highest BCUT2D eigenvalue weighted by atomic mass is 32.1. The van der Waals surface area contributed by atoms with Crippen molar-refractivity contribution in [1.29, 1.82) is 0 Å². The summed E-state index contributed by atoms with van der Waals surface area (Å²) >= 11 is 1.51. The third-order valence-corrected chi connectivity index (χ3v) is 6.97. The van der Waals surface area contributed by atoms with Gasteiger partial charge in [-0.1, -0.05) is 20.8 Å². The van der Waals surface area contributed by atoms with E-state index in [4.69, 9.17) is 9.36 Å². The first kappa shape index (κ1) is 19.4. The van der Waals surface area contributed by atoms with Crippen LogP contribution in [-0.2, 0) is 6.54 Å². The molecule has 1 aliphatic rings. The van der Waals surface area contributed by atoms with Crippen LogP contribution >= 0.6 is 11.5 Å². The van der Waals surface area contributed by atoms with Gasteiger partial charge in [-0.05, 0) is 67.0 Å². The molecule has 2 N–H and O–H groups in total. The van der Waals surface area contributed by atoms with Crippen LogP contribution in [-0.4, -0.2) is 42.5 Å². The van der Waals surface area contributed by atoms with E-state index in [1.54, 1.807) is 6.20 Å². The van der Waals surface area contributed by atoms with Crippen molar-refractivity contribution in [3.63, 3.8) is 0 Å². The summed E-state index contributed by atoms with van der Waals surface area (Å²) in [4.78, 5) is 11.6. The number of aromatic amines is 1. The van der Waals surface area contributed by atoms with E-state index in [9.17, 15) is 0 Å². The van der Waals surface area contributed by atoms with E-state index in [-0.39, 0.29) is 0 Å². The van der Waals surface area contributed by atoms with Crippen molar-refractivity contribution in [1.82, 2.24) is 29.4 Å². The fourth-order valence-electron chi connectivity index (χ4n) is 4.30. The third-order valence-electron chi connectivity index (χ3n) is 6.15. The minimum Gasteiger partial charge on any atom is -0.336 e. The number of anilines is 2. The lowest BCUT2D eigenvalue weighted by Crippen LogP contribution is -2.37. The number of hydrogen-bond acceptors (Lipinski definition) is 7. The Kier molecular flexibility index (Phi) is 4.91. The topological polar surface area (TPSA) is 82.6 Å². The number of likely N-dealkylation sites (tertiary alicyclic amines) is 1. The molecule has 4 aromatic heterocycles. The lowest BCUT2D eigenvalue weighted by molar-refractivity contribution is 0.107. The molecular weight excluding hydrogens is 394 g/mol. The van der Waals surface area contributed by atoms with E-state index >= 15 is 0 Å². The molecule has 5 rings (SSSR count). The van der Waals surface area contributed by atoms with Crippen LogP contribution < -0.4 is 5.32 Å². The summed E-state index contributed by atoms with van der Waals surface area (Å²) in [6, 6.07) is 5.95. The number of piperidine rings is 1. The van der Waals surface area contributed by atoms with Gasteiger partial charge in [0.15, 0.2) is 5.82 Å². The minimum absolute atomic E-state index is 0.402. The Morgan fingerprint density at radius 2 is 2.03 bits per heavy atom. The lowest BCUT2D eigenvalue weighted by Gasteiger charge is -2.38. The molecule has 0 unspecified atom stereocenters. The fraction of sp³-hybridized carbons (Fsp3) is 0.455. The monoisotopic (exact) mass is 421 g/mol. The summed E-state index contributed by atoms with van der Waals surface area (Å²) in [5, 5.41) is 10.7. The van der Waals surface area contributed by atoms with Gasteiger partial charge in [-0.15, -0.1) is 0 Å². The van der Waals surface area contributed by atoms with Gasteiger partial charge < -0.3 is 5.32 Å². The second kappa shape index (κ2) is 7.59. The fourth-order valence-corrected chi connectivity index (χ4v) is 5.09. The Labute approximate surface area is 180 Å². The van der Waals surface area contributed by atoms with E-state index in [1.165, 1.54) is 24.4 Å². The summed E-state index contributed by atoms with van der Waals surface area (Å²) in [6.45, 7) is 10.2. The molecular formula is C22H27N7S. The molecule has 5 heterocycles. The van der Waals surface area contributed by atoms with Gasteiger partial charge in [0.1, 0.15) is 11.0 Å². The lowest BCUT2D eigenvalue weighted by atomic mass is 9.75. The molecule has 0 bridgehead atoms. The van der Waals surface area contributed by atoms with E-state index < -0.39 is 0 Å². The van der Waals surface area contributed by atoms with Crippen molar-refractivity contribution in [2.45, 2.75) is 40.2 Å². The number of pyridine rings is 2. The Morgan fingerprint density at radius 3 is 2.83 bits per heavy atom. The van der Waals surface area contributed by atoms with Crippen molar-refractivity contribution in [3.8, 4) is 0 Å². The van der Waals surface area contributed by atoms with Gasteiger partial charge in [0, 0.05) is 12.7 Å². The van der Waals surface area contributed by atoms with Gasteiger partial charge in [-0.3, -0.25) is 20.0 Å². The van der Waals surface area contributed by atoms with Gasteiger partial charge in [-0.2, -0.15) is 9.47 Å². The highest BCUT2D eigenvalue weighted by Crippen LogP contribution is 2.35. The van der Waals surface area contributed by atoms with Crippen LogP contribution in [0.25, 0.3) is 21.3 Å². The minimum atomic E-state index is 0.402.